The van der Waals surface area contributed by atoms with Crippen molar-refractivity contribution in [2.24, 2.45) is 0 Å². The van der Waals surface area contributed by atoms with Gasteiger partial charge in [0.1, 0.15) is 17.0 Å². The Kier molecular flexibility index (Phi) is 3.64. The highest BCUT2D eigenvalue weighted by Gasteiger charge is 2.13. The standard InChI is InChI=1S/C14H15FN2O2/c1-4-10-14(18)17-13-11(16-10)7-6-9(12(13)15)8(3)19-5-2/h6-7H,3-5H2,1-2H3,(H,17,18). The van der Waals surface area contributed by atoms with Crippen LogP contribution >= 0.6 is 0 Å². The van der Waals surface area contributed by atoms with Crippen LogP contribution in [0.4, 0.5) is 4.39 Å². The van der Waals surface area contributed by atoms with Crippen LogP contribution in [-0.2, 0) is 11.2 Å². The van der Waals surface area contributed by atoms with Gasteiger partial charge in [0.15, 0.2) is 5.82 Å². The Morgan fingerprint density at radius 2 is 2.21 bits per heavy atom. The number of ether oxygens (including phenoxy) is 1. The number of aryl methyl sites for hydroxylation is 1. The molecule has 19 heavy (non-hydrogen) atoms. The molecule has 0 saturated heterocycles. The maximum Gasteiger partial charge on any atom is 0.270 e. The Labute approximate surface area is 109 Å². The van der Waals surface area contributed by atoms with Crippen LogP contribution in [0, 0.1) is 5.82 Å². The second-order valence-electron chi connectivity index (χ2n) is 4.04. The molecule has 0 amide bonds. The van der Waals surface area contributed by atoms with Gasteiger partial charge in [-0.25, -0.2) is 9.37 Å². The van der Waals surface area contributed by atoms with Gasteiger partial charge in [-0.1, -0.05) is 13.5 Å². The van der Waals surface area contributed by atoms with E-state index in [-0.39, 0.29) is 22.4 Å². The number of nitrogens with zero attached hydrogens (tertiary/aromatic N) is 1. The molecule has 100 valence electrons. The number of H-pyrrole nitrogens is 1. The van der Waals surface area contributed by atoms with Crippen LogP contribution in [0.15, 0.2) is 23.5 Å². The lowest BCUT2D eigenvalue weighted by molar-refractivity contribution is 0.297. The maximum absolute atomic E-state index is 14.3. The quantitative estimate of drug-likeness (QED) is 0.862. The van der Waals surface area contributed by atoms with Crippen molar-refractivity contribution in [3.05, 3.63) is 46.1 Å². The molecule has 2 aromatic rings. The molecule has 0 spiro atoms. The van der Waals surface area contributed by atoms with Crippen LogP contribution in [0.5, 0.6) is 0 Å². The lowest BCUT2D eigenvalue weighted by Crippen LogP contribution is -2.15. The van der Waals surface area contributed by atoms with Crippen molar-refractivity contribution in [1.29, 1.82) is 0 Å². The first kappa shape index (κ1) is 13.3. The summed E-state index contributed by atoms with van der Waals surface area (Å²) in [6.07, 6.45) is 0.500. The average Bonchev–Trinajstić information content (AvgIpc) is 2.39. The van der Waals surface area contributed by atoms with Gasteiger partial charge < -0.3 is 9.72 Å². The molecule has 4 nitrogen and oxygen atoms in total. The number of aromatic nitrogens is 2. The Morgan fingerprint density at radius 3 is 2.84 bits per heavy atom. The van der Waals surface area contributed by atoms with Gasteiger partial charge in [-0.05, 0) is 25.5 Å². The Hall–Kier alpha value is -2.17. The predicted molar refractivity (Wildman–Crippen MR) is 72.4 cm³/mol. The Bertz CT molecular complexity index is 692. The minimum atomic E-state index is -0.566. The molecule has 1 aromatic heterocycles. The Morgan fingerprint density at radius 1 is 1.47 bits per heavy atom. The van der Waals surface area contributed by atoms with Crippen LogP contribution in [0.1, 0.15) is 25.1 Å². The molecule has 2 rings (SSSR count). The first-order valence-electron chi connectivity index (χ1n) is 6.12. The minimum absolute atomic E-state index is 0.0838. The summed E-state index contributed by atoms with van der Waals surface area (Å²) in [5.74, 6) is -0.328. The fourth-order valence-corrected chi connectivity index (χ4v) is 1.87. The number of fused-ring (bicyclic) bond motifs is 1. The van der Waals surface area contributed by atoms with Crippen molar-refractivity contribution in [3.8, 4) is 0 Å². The van der Waals surface area contributed by atoms with Gasteiger partial charge >= 0.3 is 0 Å². The molecule has 5 heteroatoms. The summed E-state index contributed by atoms with van der Waals surface area (Å²) in [5, 5.41) is 0. The van der Waals surface area contributed by atoms with E-state index in [1.54, 1.807) is 19.1 Å². The first-order chi connectivity index (χ1) is 9.08. The number of hydrogen-bond donors (Lipinski definition) is 1. The number of hydrogen-bond acceptors (Lipinski definition) is 3. The largest absolute Gasteiger partial charge is 0.494 e. The molecule has 0 unspecified atom stereocenters. The van der Waals surface area contributed by atoms with Gasteiger partial charge in [0.2, 0.25) is 0 Å². The molecule has 0 fully saturated rings. The summed E-state index contributed by atoms with van der Waals surface area (Å²) in [7, 11) is 0. The molecule has 1 heterocycles. The van der Waals surface area contributed by atoms with E-state index in [0.29, 0.717) is 24.2 Å². The van der Waals surface area contributed by atoms with Crippen molar-refractivity contribution in [1.82, 2.24) is 9.97 Å². The molecule has 0 atom stereocenters. The molecule has 1 N–H and O–H groups in total. The van der Waals surface area contributed by atoms with E-state index in [9.17, 15) is 9.18 Å². The normalized spacial score (nSPS) is 10.7. The SMILES string of the molecule is C=C(OCC)c1ccc2nc(CC)c(=O)[nH]c2c1F. The molecule has 0 radical (unpaired) electrons. The van der Waals surface area contributed by atoms with Crippen molar-refractivity contribution >= 4 is 16.8 Å². The fourth-order valence-electron chi connectivity index (χ4n) is 1.87. The van der Waals surface area contributed by atoms with Gasteiger partial charge in [-0.2, -0.15) is 0 Å². The number of halogens is 1. The predicted octanol–water partition coefficient (Wildman–Crippen LogP) is 2.63. The number of nitrogens with one attached hydrogen (secondary N) is 1. The van der Waals surface area contributed by atoms with E-state index >= 15 is 0 Å². The zero-order chi connectivity index (χ0) is 14.0. The van der Waals surface area contributed by atoms with Crippen LogP contribution in [0.2, 0.25) is 0 Å². The fraction of sp³-hybridized carbons (Fsp3) is 0.286. The molecular weight excluding hydrogens is 247 g/mol. The van der Waals surface area contributed by atoms with Gasteiger partial charge in [0.05, 0.1) is 17.7 Å². The molecule has 0 aliphatic heterocycles. The molecule has 0 bridgehead atoms. The van der Waals surface area contributed by atoms with E-state index in [1.807, 2.05) is 6.92 Å². The van der Waals surface area contributed by atoms with Crippen LogP contribution in [-0.4, -0.2) is 16.6 Å². The molecular formula is C14H15FN2O2. The second-order valence-corrected chi connectivity index (χ2v) is 4.04. The van der Waals surface area contributed by atoms with Gasteiger partial charge in [-0.15, -0.1) is 0 Å². The molecule has 0 saturated carbocycles. The summed E-state index contributed by atoms with van der Waals surface area (Å²) in [5.41, 5.74) is 0.759. The smallest absolute Gasteiger partial charge is 0.270 e. The van der Waals surface area contributed by atoms with Crippen LogP contribution in [0.25, 0.3) is 16.8 Å². The van der Waals surface area contributed by atoms with Gasteiger partial charge in [0.25, 0.3) is 5.56 Å². The highest BCUT2D eigenvalue weighted by Crippen LogP contribution is 2.23. The van der Waals surface area contributed by atoms with E-state index in [4.69, 9.17) is 4.74 Å². The number of aromatic amines is 1. The average molecular weight is 262 g/mol. The second kappa shape index (κ2) is 5.22. The summed E-state index contributed by atoms with van der Waals surface area (Å²) >= 11 is 0. The van der Waals surface area contributed by atoms with Crippen LogP contribution < -0.4 is 5.56 Å². The third kappa shape index (κ3) is 2.36. The highest BCUT2D eigenvalue weighted by atomic mass is 19.1. The topological polar surface area (TPSA) is 55.0 Å². The van der Waals surface area contributed by atoms with E-state index in [1.165, 1.54) is 0 Å². The van der Waals surface area contributed by atoms with Crippen molar-refractivity contribution < 1.29 is 9.13 Å². The molecule has 1 aromatic carbocycles. The molecule has 0 aliphatic rings. The van der Waals surface area contributed by atoms with E-state index in [0.717, 1.165) is 0 Å². The van der Waals surface area contributed by atoms with E-state index < -0.39 is 5.82 Å². The summed E-state index contributed by atoms with van der Waals surface area (Å²) < 4.78 is 19.5. The third-order valence-corrected chi connectivity index (χ3v) is 2.83. The maximum atomic E-state index is 14.3. The number of rotatable bonds is 4. The van der Waals surface area contributed by atoms with Crippen molar-refractivity contribution in [2.45, 2.75) is 20.3 Å². The lowest BCUT2D eigenvalue weighted by atomic mass is 10.1. The highest BCUT2D eigenvalue weighted by molar-refractivity contribution is 5.79. The zero-order valence-electron chi connectivity index (χ0n) is 10.9. The minimum Gasteiger partial charge on any atom is -0.494 e. The van der Waals surface area contributed by atoms with Crippen molar-refractivity contribution in [2.75, 3.05) is 6.61 Å². The third-order valence-electron chi connectivity index (χ3n) is 2.83. The first-order valence-corrected chi connectivity index (χ1v) is 6.12. The monoisotopic (exact) mass is 262 g/mol. The van der Waals surface area contributed by atoms with E-state index in [2.05, 4.69) is 16.5 Å². The molecule has 0 aliphatic carbocycles. The van der Waals surface area contributed by atoms with Gasteiger partial charge in [0, 0.05) is 0 Å². The van der Waals surface area contributed by atoms with Gasteiger partial charge in [-0.3, -0.25) is 4.79 Å². The Balaban J connectivity index is 2.65. The summed E-state index contributed by atoms with van der Waals surface area (Å²) in [6.45, 7) is 7.68. The summed E-state index contributed by atoms with van der Waals surface area (Å²) in [4.78, 5) is 18.4. The number of benzene rings is 1. The van der Waals surface area contributed by atoms with Crippen molar-refractivity contribution in [3.63, 3.8) is 0 Å². The zero-order valence-corrected chi connectivity index (χ0v) is 10.9. The summed E-state index contributed by atoms with van der Waals surface area (Å²) in [6, 6.07) is 3.20. The van der Waals surface area contributed by atoms with Crippen LogP contribution in [0.3, 0.4) is 0 Å². The lowest BCUT2D eigenvalue weighted by Gasteiger charge is -2.10.